The molecule has 2 rings (SSSR count). The molecule has 1 aromatic carbocycles. The Morgan fingerprint density at radius 1 is 1.29 bits per heavy atom. The molecule has 0 aliphatic heterocycles. The summed E-state index contributed by atoms with van der Waals surface area (Å²) >= 11 is 0. The third-order valence-corrected chi connectivity index (χ3v) is 4.86. The molecule has 28 heavy (non-hydrogen) atoms. The summed E-state index contributed by atoms with van der Waals surface area (Å²) in [6, 6.07) is 7.70. The smallest absolute Gasteiger partial charge is 0.148 e. The van der Waals surface area contributed by atoms with Crippen molar-refractivity contribution in [2.24, 2.45) is 11.8 Å². The average molecular weight is 383 g/mol. The van der Waals surface area contributed by atoms with Crippen molar-refractivity contribution >= 4 is 16.9 Å². The van der Waals surface area contributed by atoms with Crippen molar-refractivity contribution in [3.63, 3.8) is 0 Å². The first-order chi connectivity index (χ1) is 13.4. The largest absolute Gasteiger partial charge is 0.319 e. The van der Waals surface area contributed by atoms with Gasteiger partial charge in [-0.1, -0.05) is 42.0 Å². The molecule has 0 bridgehead atoms. The molecule has 1 aromatic heterocycles. The molecular formula is C22H34N6. The lowest BCUT2D eigenvalue weighted by atomic mass is 9.90. The Labute approximate surface area is 168 Å². The first kappa shape index (κ1) is 22.0. The SMILES string of the molecule is CCC(/C=C(C)/C=C\C(=N)n1nnc2ccccc21)CC(CNC)CN(C)C. The van der Waals surface area contributed by atoms with Gasteiger partial charge in [-0.25, -0.2) is 0 Å². The highest BCUT2D eigenvalue weighted by Gasteiger charge is 2.14. The number of allylic oxidation sites excluding steroid dienone is 4. The minimum absolute atomic E-state index is 0.315. The van der Waals surface area contributed by atoms with E-state index in [4.69, 9.17) is 5.41 Å². The summed E-state index contributed by atoms with van der Waals surface area (Å²) in [6.07, 6.45) is 8.41. The van der Waals surface area contributed by atoms with Gasteiger partial charge in [-0.2, -0.15) is 4.68 Å². The van der Waals surface area contributed by atoms with Crippen LogP contribution in [0.4, 0.5) is 0 Å². The van der Waals surface area contributed by atoms with Crippen molar-refractivity contribution in [1.82, 2.24) is 25.2 Å². The standard InChI is InChI=1S/C22H34N6/c1-6-18(14-19(15-24-3)16-27(4)5)13-17(2)11-12-22(23)28-21-10-8-7-9-20(21)25-26-28/h7-13,18-19,23-24H,6,14-16H2,1-5H3/b12-11-,17-13+,23-22?. The van der Waals surface area contributed by atoms with E-state index in [2.05, 4.69) is 54.5 Å². The van der Waals surface area contributed by atoms with Crippen molar-refractivity contribution < 1.29 is 0 Å². The van der Waals surface area contributed by atoms with E-state index in [0.717, 1.165) is 37.0 Å². The Balaban J connectivity index is 2.04. The van der Waals surface area contributed by atoms with E-state index in [1.165, 1.54) is 5.57 Å². The molecular weight excluding hydrogens is 348 g/mol. The Kier molecular flexibility index (Phi) is 8.54. The van der Waals surface area contributed by atoms with Crippen LogP contribution < -0.4 is 5.32 Å². The molecule has 0 spiro atoms. The quantitative estimate of drug-likeness (QED) is 0.374. The maximum Gasteiger partial charge on any atom is 0.148 e. The van der Waals surface area contributed by atoms with Crippen LogP contribution in [0.2, 0.25) is 0 Å². The lowest BCUT2D eigenvalue weighted by Crippen LogP contribution is -2.30. The summed E-state index contributed by atoms with van der Waals surface area (Å²) < 4.78 is 1.57. The molecule has 0 amide bonds. The molecule has 2 unspecified atom stereocenters. The number of hydrogen-bond donors (Lipinski definition) is 2. The molecule has 2 aromatic rings. The summed E-state index contributed by atoms with van der Waals surface area (Å²) in [5.74, 6) is 1.47. The van der Waals surface area contributed by atoms with Gasteiger partial charge in [-0.3, -0.25) is 5.41 Å². The number of para-hydroxylation sites is 1. The highest BCUT2D eigenvalue weighted by atomic mass is 15.4. The third kappa shape index (κ3) is 6.39. The van der Waals surface area contributed by atoms with E-state index < -0.39 is 0 Å². The first-order valence-corrected chi connectivity index (χ1v) is 9.99. The van der Waals surface area contributed by atoms with E-state index in [9.17, 15) is 0 Å². The molecule has 0 fully saturated rings. The van der Waals surface area contributed by atoms with Crippen molar-refractivity contribution in [3.8, 4) is 0 Å². The van der Waals surface area contributed by atoms with Gasteiger partial charge in [0, 0.05) is 6.54 Å². The van der Waals surface area contributed by atoms with Gasteiger partial charge in [0.1, 0.15) is 11.4 Å². The highest BCUT2D eigenvalue weighted by Crippen LogP contribution is 2.20. The molecule has 6 nitrogen and oxygen atoms in total. The normalized spacial score (nSPS) is 14.9. The lowest BCUT2D eigenvalue weighted by Gasteiger charge is -2.24. The molecule has 0 aliphatic carbocycles. The lowest BCUT2D eigenvalue weighted by molar-refractivity contribution is 0.285. The monoisotopic (exact) mass is 382 g/mol. The Hall–Kier alpha value is -2.31. The molecule has 0 aliphatic rings. The van der Waals surface area contributed by atoms with Crippen LogP contribution in [0.5, 0.6) is 0 Å². The average Bonchev–Trinajstić information content (AvgIpc) is 3.09. The number of aromatic nitrogens is 3. The van der Waals surface area contributed by atoms with Gasteiger partial charge in [0.25, 0.3) is 0 Å². The predicted molar refractivity (Wildman–Crippen MR) is 118 cm³/mol. The third-order valence-electron chi connectivity index (χ3n) is 4.86. The van der Waals surface area contributed by atoms with Gasteiger partial charge in [-0.05, 0) is 77.5 Å². The van der Waals surface area contributed by atoms with Crippen LogP contribution in [0, 0.1) is 17.2 Å². The molecule has 2 atom stereocenters. The maximum atomic E-state index is 8.33. The number of nitrogens with one attached hydrogen (secondary N) is 2. The second kappa shape index (κ2) is 10.9. The van der Waals surface area contributed by atoms with Gasteiger partial charge < -0.3 is 10.2 Å². The summed E-state index contributed by atoms with van der Waals surface area (Å²) in [5, 5.41) is 19.9. The maximum absolute atomic E-state index is 8.33. The molecule has 0 saturated carbocycles. The molecule has 2 N–H and O–H groups in total. The zero-order valence-corrected chi connectivity index (χ0v) is 17.8. The molecule has 0 radical (unpaired) electrons. The van der Waals surface area contributed by atoms with E-state index in [1.54, 1.807) is 10.8 Å². The van der Waals surface area contributed by atoms with E-state index in [-0.39, 0.29) is 0 Å². The fourth-order valence-electron chi connectivity index (χ4n) is 3.56. The number of rotatable bonds is 10. The van der Waals surface area contributed by atoms with Crippen LogP contribution in [0.15, 0.2) is 48.1 Å². The summed E-state index contributed by atoms with van der Waals surface area (Å²) in [6.45, 7) is 6.46. The van der Waals surface area contributed by atoms with Crippen molar-refractivity contribution in [3.05, 3.63) is 48.1 Å². The van der Waals surface area contributed by atoms with Gasteiger partial charge in [0.2, 0.25) is 0 Å². The van der Waals surface area contributed by atoms with Gasteiger partial charge in [0.15, 0.2) is 0 Å². The van der Waals surface area contributed by atoms with Crippen molar-refractivity contribution in [2.45, 2.75) is 26.7 Å². The topological polar surface area (TPSA) is 69.8 Å². The Morgan fingerprint density at radius 3 is 2.71 bits per heavy atom. The van der Waals surface area contributed by atoms with Crippen LogP contribution in [-0.2, 0) is 0 Å². The predicted octanol–water partition coefficient (Wildman–Crippen LogP) is 3.57. The zero-order chi connectivity index (χ0) is 20.5. The Morgan fingerprint density at radius 2 is 2.04 bits per heavy atom. The van der Waals surface area contributed by atoms with Gasteiger partial charge in [-0.15, -0.1) is 5.10 Å². The van der Waals surface area contributed by atoms with E-state index >= 15 is 0 Å². The molecule has 1 heterocycles. The van der Waals surface area contributed by atoms with E-state index in [0.29, 0.717) is 17.7 Å². The fourth-order valence-corrected chi connectivity index (χ4v) is 3.56. The fraction of sp³-hybridized carbons (Fsp3) is 0.500. The van der Waals surface area contributed by atoms with Crippen molar-refractivity contribution in [2.75, 3.05) is 34.2 Å². The number of nitrogens with zero attached hydrogens (tertiary/aromatic N) is 4. The first-order valence-electron chi connectivity index (χ1n) is 9.99. The minimum atomic E-state index is 0.315. The summed E-state index contributed by atoms with van der Waals surface area (Å²) in [7, 11) is 6.28. The molecule has 0 saturated heterocycles. The van der Waals surface area contributed by atoms with Gasteiger partial charge >= 0.3 is 0 Å². The van der Waals surface area contributed by atoms with Crippen LogP contribution in [0.3, 0.4) is 0 Å². The zero-order valence-electron chi connectivity index (χ0n) is 17.8. The highest BCUT2D eigenvalue weighted by molar-refractivity contribution is 5.97. The van der Waals surface area contributed by atoms with Crippen molar-refractivity contribution in [1.29, 1.82) is 5.41 Å². The van der Waals surface area contributed by atoms with E-state index in [1.807, 2.05) is 37.4 Å². The van der Waals surface area contributed by atoms with Crippen LogP contribution in [0.1, 0.15) is 26.7 Å². The number of benzene rings is 1. The molecule has 6 heteroatoms. The van der Waals surface area contributed by atoms with Crippen LogP contribution >= 0.6 is 0 Å². The number of hydrogen-bond acceptors (Lipinski definition) is 5. The van der Waals surface area contributed by atoms with Crippen LogP contribution in [0.25, 0.3) is 11.0 Å². The van der Waals surface area contributed by atoms with Gasteiger partial charge in [0.05, 0.1) is 5.52 Å². The minimum Gasteiger partial charge on any atom is -0.319 e. The van der Waals surface area contributed by atoms with Crippen LogP contribution in [-0.4, -0.2) is 60.0 Å². The summed E-state index contributed by atoms with van der Waals surface area (Å²) in [4.78, 5) is 2.26. The summed E-state index contributed by atoms with van der Waals surface area (Å²) in [5.41, 5.74) is 2.83. The second-order valence-electron chi connectivity index (χ2n) is 7.71. The number of fused-ring (bicyclic) bond motifs is 1. The molecule has 152 valence electrons. The second-order valence-corrected chi connectivity index (χ2v) is 7.71. The Bertz CT molecular complexity index is 817.